The fourth-order valence-electron chi connectivity index (χ4n) is 8.27. The molecule has 66 heavy (non-hydrogen) atoms. The Hall–Kier alpha value is -9.00. The van der Waals surface area contributed by atoms with Gasteiger partial charge in [-0.25, -0.2) is 29.9 Å². The Morgan fingerprint density at radius 2 is 0.379 bits per heavy atom. The third-order valence-electron chi connectivity index (χ3n) is 11.6. The molecule has 0 bridgehead atoms. The summed E-state index contributed by atoms with van der Waals surface area (Å²) in [7, 11) is 0. The number of rotatable bonds is 10. The van der Waals surface area contributed by atoms with Gasteiger partial charge in [-0.3, -0.25) is 0 Å². The minimum absolute atomic E-state index is 0.574. The number of hydrogen-bond acceptors (Lipinski definition) is 6. The molecule has 2 heterocycles. The molecule has 11 rings (SSSR count). The van der Waals surface area contributed by atoms with Crippen molar-refractivity contribution in [2.75, 3.05) is 0 Å². The van der Waals surface area contributed by atoms with Crippen molar-refractivity contribution in [1.29, 1.82) is 0 Å². The van der Waals surface area contributed by atoms with Gasteiger partial charge in [0.05, 0.1) is 0 Å². The SMILES string of the molecule is c1ccc(-c2ccc(-c3ccc(-c4ccc(-c5ccccc5)c(-c5nc(-c6ccccc6)nc(-c6ccccc6)n5)c4)cc3-c3nc(-c4ccccc4)nc(-c4ccccc4)n3)cc2)cc1. The molecular weight excluding hydrogens is 805 g/mol. The molecule has 0 radical (unpaired) electrons. The second-order valence-electron chi connectivity index (χ2n) is 15.9. The van der Waals surface area contributed by atoms with Crippen molar-refractivity contribution in [2.24, 2.45) is 0 Å². The van der Waals surface area contributed by atoms with Crippen molar-refractivity contribution < 1.29 is 0 Å². The summed E-state index contributed by atoms with van der Waals surface area (Å²) in [6.45, 7) is 0. The van der Waals surface area contributed by atoms with Gasteiger partial charge in [-0.1, -0.05) is 231 Å². The largest absolute Gasteiger partial charge is 0.208 e. The van der Waals surface area contributed by atoms with Crippen LogP contribution in [0.15, 0.2) is 243 Å². The molecule has 9 aromatic carbocycles. The Morgan fingerprint density at radius 3 is 0.712 bits per heavy atom. The Morgan fingerprint density at radius 1 is 0.152 bits per heavy atom. The molecule has 0 aliphatic heterocycles. The van der Waals surface area contributed by atoms with E-state index >= 15 is 0 Å². The number of aromatic nitrogens is 6. The molecule has 0 unspecified atom stereocenters. The minimum Gasteiger partial charge on any atom is -0.208 e. The maximum atomic E-state index is 5.23. The molecule has 0 spiro atoms. The van der Waals surface area contributed by atoms with E-state index < -0.39 is 0 Å². The summed E-state index contributed by atoms with van der Waals surface area (Å²) in [5, 5.41) is 0. The lowest BCUT2D eigenvalue weighted by Crippen LogP contribution is -2.02. The van der Waals surface area contributed by atoms with Crippen molar-refractivity contribution in [3.05, 3.63) is 243 Å². The number of benzene rings is 9. The fourth-order valence-corrected chi connectivity index (χ4v) is 8.27. The summed E-state index contributed by atoms with van der Waals surface area (Å²) in [5.74, 6) is 3.56. The average molecular weight is 845 g/mol. The van der Waals surface area contributed by atoms with E-state index in [1.165, 1.54) is 0 Å². The van der Waals surface area contributed by atoms with Gasteiger partial charge in [0.1, 0.15) is 0 Å². The zero-order valence-electron chi connectivity index (χ0n) is 35.8. The van der Waals surface area contributed by atoms with Gasteiger partial charge >= 0.3 is 0 Å². The first kappa shape index (κ1) is 39.8. The molecule has 0 amide bonds. The lowest BCUT2D eigenvalue weighted by atomic mass is 9.91. The van der Waals surface area contributed by atoms with E-state index in [0.29, 0.717) is 34.9 Å². The third-order valence-corrected chi connectivity index (χ3v) is 11.6. The van der Waals surface area contributed by atoms with Crippen LogP contribution < -0.4 is 0 Å². The highest BCUT2D eigenvalue weighted by Crippen LogP contribution is 2.40. The molecule has 2 aromatic heterocycles. The van der Waals surface area contributed by atoms with Gasteiger partial charge in [-0.05, 0) is 56.6 Å². The fraction of sp³-hybridized carbons (Fsp3) is 0. The quantitative estimate of drug-likeness (QED) is 0.136. The van der Waals surface area contributed by atoms with Crippen molar-refractivity contribution >= 4 is 0 Å². The number of nitrogens with zero attached hydrogens (tertiary/aromatic N) is 6. The topological polar surface area (TPSA) is 77.3 Å². The summed E-state index contributed by atoms with van der Waals surface area (Å²) < 4.78 is 0. The smallest absolute Gasteiger partial charge is 0.164 e. The van der Waals surface area contributed by atoms with Crippen LogP contribution in [-0.2, 0) is 0 Å². The molecule has 0 N–H and O–H groups in total. The Kier molecular flexibility index (Phi) is 10.9. The first-order valence-electron chi connectivity index (χ1n) is 21.9. The van der Waals surface area contributed by atoms with Crippen molar-refractivity contribution in [1.82, 2.24) is 29.9 Å². The molecule has 0 aliphatic carbocycles. The molecule has 0 saturated heterocycles. The van der Waals surface area contributed by atoms with Crippen molar-refractivity contribution in [2.45, 2.75) is 0 Å². The highest BCUT2D eigenvalue weighted by molar-refractivity contribution is 5.90. The summed E-state index contributed by atoms with van der Waals surface area (Å²) in [4.78, 5) is 30.9. The molecular formula is C60H40N6. The van der Waals surface area contributed by atoms with Crippen molar-refractivity contribution in [3.63, 3.8) is 0 Å². The second-order valence-corrected chi connectivity index (χ2v) is 15.9. The van der Waals surface area contributed by atoms with Crippen LogP contribution in [0.4, 0.5) is 0 Å². The van der Waals surface area contributed by atoms with Gasteiger partial charge in [-0.15, -0.1) is 0 Å². The highest BCUT2D eigenvalue weighted by atomic mass is 15.0. The molecule has 6 nitrogen and oxygen atoms in total. The van der Waals surface area contributed by atoms with Gasteiger partial charge in [0, 0.05) is 33.4 Å². The van der Waals surface area contributed by atoms with Crippen LogP contribution in [0.1, 0.15) is 0 Å². The average Bonchev–Trinajstić information content (AvgIpc) is 3.42. The minimum atomic E-state index is 0.574. The Labute approximate surface area is 383 Å². The first-order valence-corrected chi connectivity index (χ1v) is 21.9. The standard InChI is InChI=1S/C60H40N6/c1-7-19-41(20-8-1)42-31-33-44(34-32-42)52-38-36-50(40-54(52)60-65-57(47-27-15-5-16-28-47)62-58(66-60)48-29-17-6-18-30-48)49-35-37-51(43-21-9-2-10-22-43)53(39-49)59-63-55(45-23-11-3-12-24-45)61-56(64-59)46-25-13-4-14-26-46/h1-40H. The normalized spacial score (nSPS) is 11.0. The van der Waals surface area contributed by atoms with E-state index in [1.807, 2.05) is 133 Å². The second kappa shape index (κ2) is 18.0. The summed E-state index contributed by atoms with van der Waals surface area (Å²) >= 11 is 0. The first-order chi connectivity index (χ1) is 32.7. The van der Waals surface area contributed by atoms with Crippen LogP contribution in [-0.4, -0.2) is 29.9 Å². The molecule has 0 saturated carbocycles. The maximum absolute atomic E-state index is 5.23. The Balaban J connectivity index is 1.12. The van der Waals surface area contributed by atoms with Crippen molar-refractivity contribution in [3.8, 4) is 113 Å². The molecule has 0 fully saturated rings. The Bertz CT molecular complexity index is 3310. The van der Waals surface area contributed by atoms with Gasteiger partial charge in [0.15, 0.2) is 34.9 Å². The molecule has 0 aliphatic rings. The zero-order chi connectivity index (χ0) is 44.1. The van der Waals surface area contributed by atoms with E-state index in [0.717, 1.165) is 77.9 Å². The lowest BCUT2D eigenvalue weighted by Gasteiger charge is -2.16. The molecule has 11 aromatic rings. The molecule has 0 atom stereocenters. The van der Waals surface area contributed by atoms with Crippen LogP contribution in [0.2, 0.25) is 0 Å². The van der Waals surface area contributed by atoms with Crippen LogP contribution >= 0.6 is 0 Å². The van der Waals surface area contributed by atoms with Gasteiger partial charge in [-0.2, -0.15) is 0 Å². The van der Waals surface area contributed by atoms with Crippen LogP contribution in [0.5, 0.6) is 0 Å². The maximum Gasteiger partial charge on any atom is 0.164 e. The van der Waals surface area contributed by atoms with E-state index in [4.69, 9.17) is 29.9 Å². The molecule has 310 valence electrons. The van der Waals surface area contributed by atoms with E-state index in [2.05, 4.69) is 109 Å². The van der Waals surface area contributed by atoms with Gasteiger partial charge < -0.3 is 0 Å². The monoisotopic (exact) mass is 844 g/mol. The van der Waals surface area contributed by atoms with Gasteiger partial charge in [0.2, 0.25) is 0 Å². The summed E-state index contributed by atoms with van der Waals surface area (Å²) in [5.41, 5.74) is 13.8. The number of hydrogen-bond donors (Lipinski definition) is 0. The van der Waals surface area contributed by atoms with Crippen LogP contribution in [0, 0.1) is 0 Å². The molecule has 6 heteroatoms. The van der Waals surface area contributed by atoms with E-state index in [1.54, 1.807) is 0 Å². The highest BCUT2D eigenvalue weighted by Gasteiger charge is 2.20. The lowest BCUT2D eigenvalue weighted by molar-refractivity contribution is 1.07. The van der Waals surface area contributed by atoms with E-state index in [9.17, 15) is 0 Å². The predicted octanol–water partition coefficient (Wildman–Crippen LogP) is 14.7. The summed E-state index contributed by atoms with van der Waals surface area (Å²) in [6, 6.07) is 83.1. The predicted molar refractivity (Wildman–Crippen MR) is 268 cm³/mol. The van der Waals surface area contributed by atoms with Crippen LogP contribution in [0.3, 0.4) is 0 Å². The van der Waals surface area contributed by atoms with Crippen LogP contribution in [0.25, 0.3) is 113 Å². The third kappa shape index (κ3) is 8.30. The zero-order valence-corrected chi connectivity index (χ0v) is 35.8. The van der Waals surface area contributed by atoms with E-state index in [-0.39, 0.29) is 0 Å². The van der Waals surface area contributed by atoms with Gasteiger partial charge in [0.25, 0.3) is 0 Å². The summed E-state index contributed by atoms with van der Waals surface area (Å²) in [6.07, 6.45) is 0.